The molecule has 3 heterocycles. The maximum atomic E-state index is 4.69. The molecule has 1 aliphatic heterocycles. The van der Waals surface area contributed by atoms with Gasteiger partial charge in [0.25, 0.3) is 0 Å². The van der Waals surface area contributed by atoms with Gasteiger partial charge in [0, 0.05) is 29.9 Å². The summed E-state index contributed by atoms with van der Waals surface area (Å²) in [4.78, 5) is 7.42. The summed E-state index contributed by atoms with van der Waals surface area (Å²) in [6.45, 7) is 4.62. The van der Waals surface area contributed by atoms with Gasteiger partial charge in [-0.1, -0.05) is 31.0 Å². The van der Waals surface area contributed by atoms with Crippen LogP contribution in [0.4, 0.5) is 5.69 Å². The summed E-state index contributed by atoms with van der Waals surface area (Å²) >= 11 is 0. The maximum Gasteiger partial charge on any atom is 0.140 e. The van der Waals surface area contributed by atoms with Gasteiger partial charge in [0.2, 0.25) is 0 Å². The monoisotopic (exact) mass is 331 g/mol. The normalized spacial score (nSPS) is 21.4. The molecular weight excluding hydrogens is 306 g/mol. The Bertz CT molecular complexity index is 963. The Morgan fingerprint density at radius 2 is 1.84 bits per heavy atom. The van der Waals surface area contributed by atoms with Gasteiger partial charge in [-0.25, -0.2) is 4.98 Å². The summed E-state index contributed by atoms with van der Waals surface area (Å²) in [5.41, 5.74) is 7.03. The van der Waals surface area contributed by atoms with Gasteiger partial charge < -0.3 is 9.47 Å². The lowest BCUT2D eigenvalue weighted by Gasteiger charge is -2.41. The second kappa shape index (κ2) is 5.10. The summed E-state index contributed by atoms with van der Waals surface area (Å²) in [5, 5.41) is 1.33. The molecule has 0 saturated heterocycles. The second-order valence-corrected chi connectivity index (χ2v) is 7.77. The molecule has 1 fully saturated rings. The smallest absolute Gasteiger partial charge is 0.140 e. The molecule has 25 heavy (non-hydrogen) atoms. The number of para-hydroxylation sites is 1. The van der Waals surface area contributed by atoms with E-state index in [4.69, 9.17) is 4.98 Å². The average Bonchev–Trinajstić information content (AvgIpc) is 3.27. The van der Waals surface area contributed by atoms with Gasteiger partial charge in [-0.2, -0.15) is 0 Å². The molecule has 3 aromatic rings. The molecule has 1 saturated carbocycles. The van der Waals surface area contributed by atoms with Crippen molar-refractivity contribution in [1.82, 2.24) is 9.55 Å². The lowest BCUT2D eigenvalue weighted by Crippen LogP contribution is -2.41. The first kappa shape index (κ1) is 15.0. The van der Waals surface area contributed by atoms with E-state index in [1.165, 1.54) is 53.6 Å². The molecule has 1 atom stereocenters. The Hall–Kier alpha value is -2.29. The van der Waals surface area contributed by atoms with Gasteiger partial charge in [0.05, 0.1) is 17.3 Å². The first-order valence-corrected chi connectivity index (χ1v) is 9.44. The second-order valence-electron chi connectivity index (χ2n) is 7.77. The van der Waals surface area contributed by atoms with Crippen molar-refractivity contribution in [3.63, 3.8) is 0 Å². The van der Waals surface area contributed by atoms with Crippen LogP contribution in [0.2, 0.25) is 0 Å². The van der Waals surface area contributed by atoms with Crippen LogP contribution in [0, 0.1) is 6.92 Å². The Labute approximate surface area is 149 Å². The molecule has 0 N–H and O–H groups in total. The van der Waals surface area contributed by atoms with Crippen LogP contribution in [-0.4, -0.2) is 9.55 Å². The van der Waals surface area contributed by atoms with E-state index in [0.717, 1.165) is 5.65 Å². The predicted molar refractivity (Wildman–Crippen MR) is 103 cm³/mol. The highest BCUT2D eigenvalue weighted by Gasteiger charge is 2.53. The predicted octanol–water partition coefficient (Wildman–Crippen LogP) is 5.23. The van der Waals surface area contributed by atoms with Gasteiger partial charge in [0.15, 0.2) is 0 Å². The van der Waals surface area contributed by atoms with Crippen molar-refractivity contribution < 1.29 is 0 Å². The van der Waals surface area contributed by atoms with E-state index in [2.05, 4.69) is 66.8 Å². The molecule has 0 unspecified atom stereocenters. The summed E-state index contributed by atoms with van der Waals surface area (Å²) in [7, 11) is 2.21. The van der Waals surface area contributed by atoms with Crippen molar-refractivity contribution in [2.75, 3.05) is 4.90 Å². The molecule has 3 nitrogen and oxygen atoms in total. The van der Waals surface area contributed by atoms with E-state index in [9.17, 15) is 0 Å². The number of benzene rings is 1. The first-order chi connectivity index (χ1) is 12.1. The number of rotatable bonds is 1. The standard InChI is InChI=1S/C22H25N3/c1-15-9-4-5-11-18(15)25-16(2)19-17-10-8-14-23-21(17)24(3)20(19)22(25)12-6-7-13-22/h4-5,8-11,14,16H,6-7,12-13H2,1-3H3/t16-/m0/s1. The zero-order valence-electron chi connectivity index (χ0n) is 15.3. The Morgan fingerprint density at radius 1 is 1.08 bits per heavy atom. The van der Waals surface area contributed by atoms with Gasteiger partial charge in [-0.3, -0.25) is 0 Å². The summed E-state index contributed by atoms with van der Waals surface area (Å²) in [6, 6.07) is 13.6. The maximum absolute atomic E-state index is 4.69. The molecule has 1 spiro atoms. The molecule has 0 bridgehead atoms. The van der Waals surface area contributed by atoms with Crippen molar-refractivity contribution in [3.8, 4) is 0 Å². The number of hydrogen-bond donors (Lipinski definition) is 0. The number of nitrogens with zero attached hydrogens (tertiary/aromatic N) is 3. The quantitative estimate of drug-likeness (QED) is 0.608. The Kier molecular flexibility index (Phi) is 3.06. The lowest BCUT2D eigenvalue weighted by molar-refractivity contribution is 0.398. The Balaban J connectivity index is 1.83. The molecule has 3 heteroatoms. The molecule has 2 aromatic heterocycles. The van der Waals surface area contributed by atoms with Crippen molar-refractivity contribution in [2.45, 2.75) is 51.1 Å². The third kappa shape index (κ3) is 1.79. The summed E-state index contributed by atoms with van der Waals surface area (Å²) in [5.74, 6) is 0. The van der Waals surface area contributed by atoms with Crippen LogP contribution in [0.25, 0.3) is 11.0 Å². The van der Waals surface area contributed by atoms with E-state index in [1.807, 2.05) is 6.20 Å². The van der Waals surface area contributed by atoms with E-state index >= 15 is 0 Å². The zero-order chi connectivity index (χ0) is 17.2. The minimum Gasteiger partial charge on any atom is -0.353 e. The van der Waals surface area contributed by atoms with Crippen LogP contribution in [0.15, 0.2) is 42.6 Å². The van der Waals surface area contributed by atoms with Crippen molar-refractivity contribution >= 4 is 16.7 Å². The molecule has 0 amide bonds. The number of anilines is 1. The number of fused-ring (bicyclic) bond motifs is 4. The number of pyridine rings is 1. The fourth-order valence-corrected chi connectivity index (χ4v) is 5.60. The fourth-order valence-electron chi connectivity index (χ4n) is 5.60. The Morgan fingerprint density at radius 3 is 2.60 bits per heavy atom. The van der Waals surface area contributed by atoms with Crippen LogP contribution >= 0.6 is 0 Å². The minimum absolute atomic E-state index is 0.121. The van der Waals surface area contributed by atoms with E-state index < -0.39 is 0 Å². The van der Waals surface area contributed by atoms with Gasteiger partial charge in [0.1, 0.15) is 5.65 Å². The third-order valence-corrected chi connectivity index (χ3v) is 6.50. The van der Waals surface area contributed by atoms with Crippen molar-refractivity contribution in [1.29, 1.82) is 0 Å². The highest BCUT2D eigenvalue weighted by molar-refractivity contribution is 5.86. The summed E-state index contributed by atoms with van der Waals surface area (Å²) in [6.07, 6.45) is 7.02. The zero-order valence-corrected chi connectivity index (χ0v) is 15.3. The molecule has 1 aromatic carbocycles. The first-order valence-electron chi connectivity index (χ1n) is 9.44. The van der Waals surface area contributed by atoms with Crippen molar-refractivity contribution in [2.24, 2.45) is 7.05 Å². The molecule has 1 aliphatic carbocycles. The highest BCUT2D eigenvalue weighted by Crippen LogP contribution is 2.58. The van der Waals surface area contributed by atoms with Crippen molar-refractivity contribution in [3.05, 3.63) is 59.4 Å². The van der Waals surface area contributed by atoms with Gasteiger partial charge >= 0.3 is 0 Å². The topological polar surface area (TPSA) is 21.1 Å². The third-order valence-electron chi connectivity index (χ3n) is 6.50. The van der Waals surface area contributed by atoms with Crippen LogP contribution in [0.1, 0.15) is 55.5 Å². The number of aromatic nitrogens is 2. The molecule has 2 aliphatic rings. The molecular formula is C22H25N3. The highest BCUT2D eigenvalue weighted by atomic mass is 15.3. The summed E-state index contributed by atoms with van der Waals surface area (Å²) < 4.78 is 2.38. The van der Waals surface area contributed by atoms with E-state index in [-0.39, 0.29) is 5.54 Å². The van der Waals surface area contributed by atoms with Crippen LogP contribution in [0.5, 0.6) is 0 Å². The SMILES string of the molecule is Cc1ccccc1N1[C@@H](C)c2c(n(C)c3ncccc23)C12CCCC2. The van der Waals surface area contributed by atoms with E-state index in [1.54, 1.807) is 0 Å². The van der Waals surface area contributed by atoms with Gasteiger partial charge in [-0.15, -0.1) is 0 Å². The van der Waals surface area contributed by atoms with Gasteiger partial charge in [-0.05, 0) is 50.5 Å². The average molecular weight is 331 g/mol. The molecule has 128 valence electrons. The van der Waals surface area contributed by atoms with Crippen LogP contribution < -0.4 is 4.90 Å². The van der Waals surface area contributed by atoms with E-state index in [0.29, 0.717) is 6.04 Å². The minimum atomic E-state index is 0.121. The van der Waals surface area contributed by atoms with Crippen LogP contribution in [-0.2, 0) is 12.6 Å². The molecule has 5 rings (SSSR count). The molecule has 0 radical (unpaired) electrons. The number of aryl methyl sites for hydroxylation is 2. The lowest BCUT2D eigenvalue weighted by atomic mass is 9.92. The fraction of sp³-hybridized carbons (Fsp3) is 0.409. The largest absolute Gasteiger partial charge is 0.353 e. The van der Waals surface area contributed by atoms with Crippen LogP contribution in [0.3, 0.4) is 0 Å². The number of hydrogen-bond acceptors (Lipinski definition) is 2.